The number of carbonyl (C=O) groups is 2. The van der Waals surface area contributed by atoms with Gasteiger partial charge in [-0.3, -0.25) is 9.59 Å². The smallest absolute Gasteiger partial charge is 0.225 e. The minimum absolute atomic E-state index is 0.251. The van der Waals surface area contributed by atoms with Crippen LogP contribution in [0.15, 0.2) is 24.3 Å². The lowest BCUT2D eigenvalue weighted by molar-refractivity contribution is -0.117. The summed E-state index contributed by atoms with van der Waals surface area (Å²) in [6.45, 7) is 2.96. The number of benzene rings is 1. The Bertz CT molecular complexity index is 525. The van der Waals surface area contributed by atoms with Crippen molar-refractivity contribution in [2.75, 3.05) is 6.61 Å². The van der Waals surface area contributed by atoms with Gasteiger partial charge >= 0.3 is 0 Å². The van der Waals surface area contributed by atoms with Gasteiger partial charge in [0.1, 0.15) is 5.75 Å². The maximum absolute atomic E-state index is 11.7. The van der Waals surface area contributed by atoms with Crippen molar-refractivity contribution in [3.63, 3.8) is 0 Å². The SMILES string of the molecule is CCCCCCCCCCCCCCOc1ccc(C(=O)CC(N)=O)cc1. The number of Topliss-reactive ketones (excluding diaryl/α,β-unsaturated/α-hetero) is 1. The number of hydrogen-bond acceptors (Lipinski definition) is 3. The van der Waals surface area contributed by atoms with Crippen molar-refractivity contribution in [1.29, 1.82) is 0 Å². The van der Waals surface area contributed by atoms with Gasteiger partial charge in [0.15, 0.2) is 5.78 Å². The number of primary amides is 1. The van der Waals surface area contributed by atoms with Crippen LogP contribution >= 0.6 is 0 Å². The second-order valence-corrected chi connectivity index (χ2v) is 7.33. The van der Waals surface area contributed by atoms with Crippen molar-refractivity contribution in [3.05, 3.63) is 29.8 Å². The fourth-order valence-electron chi connectivity index (χ4n) is 3.13. The summed E-state index contributed by atoms with van der Waals surface area (Å²) in [6, 6.07) is 6.91. The van der Waals surface area contributed by atoms with Gasteiger partial charge in [0.25, 0.3) is 0 Å². The Kier molecular flexibility index (Phi) is 13.1. The molecule has 4 heteroatoms. The number of rotatable bonds is 17. The van der Waals surface area contributed by atoms with Crippen LogP contribution in [0, 0.1) is 0 Å². The van der Waals surface area contributed by atoms with Gasteiger partial charge in [-0.2, -0.15) is 0 Å². The highest BCUT2D eigenvalue weighted by Gasteiger charge is 2.09. The molecular weight excluding hydrogens is 338 g/mol. The summed E-state index contributed by atoms with van der Waals surface area (Å²) in [5.74, 6) is -0.101. The molecule has 1 aromatic carbocycles. The molecule has 0 aliphatic carbocycles. The van der Waals surface area contributed by atoms with Crippen LogP contribution in [-0.4, -0.2) is 18.3 Å². The molecule has 2 N–H and O–H groups in total. The number of ketones is 1. The average Bonchev–Trinajstić information content (AvgIpc) is 2.65. The molecule has 1 aromatic rings. The van der Waals surface area contributed by atoms with Crippen molar-refractivity contribution in [2.45, 2.75) is 90.4 Å². The molecule has 4 nitrogen and oxygen atoms in total. The second kappa shape index (κ2) is 15.2. The van der Waals surface area contributed by atoms with Gasteiger partial charge in [0.2, 0.25) is 5.91 Å². The molecule has 152 valence electrons. The summed E-state index contributed by atoms with van der Waals surface area (Å²) >= 11 is 0. The van der Waals surface area contributed by atoms with Gasteiger partial charge in [-0.1, -0.05) is 77.6 Å². The third kappa shape index (κ3) is 12.2. The minimum Gasteiger partial charge on any atom is -0.494 e. The first-order valence-corrected chi connectivity index (χ1v) is 10.7. The molecule has 1 amide bonds. The molecule has 0 aromatic heterocycles. The van der Waals surface area contributed by atoms with Crippen LogP contribution in [-0.2, 0) is 4.79 Å². The van der Waals surface area contributed by atoms with Crippen molar-refractivity contribution < 1.29 is 14.3 Å². The molecule has 0 aliphatic rings. The molecule has 0 heterocycles. The maximum atomic E-state index is 11.7. The molecule has 0 radical (unpaired) electrons. The maximum Gasteiger partial charge on any atom is 0.225 e. The first-order chi connectivity index (χ1) is 13.1. The molecule has 0 aliphatic heterocycles. The molecule has 27 heavy (non-hydrogen) atoms. The van der Waals surface area contributed by atoms with Crippen LogP contribution in [0.2, 0.25) is 0 Å². The molecule has 0 bridgehead atoms. The van der Waals surface area contributed by atoms with Gasteiger partial charge in [-0.25, -0.2) is 0 Å². The minimum atomic E-state index is -0.604. The van der Waals surface area contributed by atoms with Gasteiger partial charge in [0, 0.05) is 5.56 Å². The lowest BCUT2D eigenvalue weighted by Crippen LogP contribution is -2.16. The number of amides is 1. The average molecular weight is 376 g/mol. The Morgan fingerprint density at radius 1 is 0.778 bits per heavy atom. The van der Waals surface area contributed by atoms with E-state index < -0.39 is 5.91 Å². The number of unbranched alkanes of at least 4 members (excludes halogenated alkanes) is 11. The molecule has 0 saturated heterocycles. The first kappa shape index (κ1) is 23.2. The third-order valence-corrected chi connectivity index (χ3v) is 4.78. The van der Waals surface area contributed by atoms with Crippen LogP contribution in [0.25, 0.3) is 0 Å². The summed E-state index contributed by atoms with van der Waals surface area (Å²) in [5.41, 5.74) is 5.53. The summed E-state index contributed by atoms with van der Waals surface area (Å²) in [6.07, 6.45) is 15.7. The fourth-order valence-corrected chi connectivity index (χ4v) is 3.13. The van der Waals surface area contributed by atoms with E-state index in [4.69, 9.17) is 10.5 Å². The van der Waals surface area contributed by atoms with E-state index in [1.54, 1.807) is 24.3 Å². The quantitative estimate of drug-likeness (QED) is 0.212. The highest BCUT2D eigenvalue weighted by molar-refractivity contribution is 6.06. The van der Waals surface area contributed by atoms with Crippen LogP contribution < -0.4 is 10.5 Å². The monoisotopic (exact) mass is 375 g/mol. The van der Waals surface area contributed by atoms with Gasteiger partial charge in [-0.15, -0.1) is 0 Å². The zero-order valence-electron chi connectivity index (χ0n) is 17.0. The second-order valence-electron chi connectivity index (χ2n) is 7.33. The van der Waals surface area contributed by atoms with E-state index in [0.29, 0.717) is 12.2 Å². The van der Waals surface area contributed by atoms with Crippen LogP contribution in [0.4, 0.5) is 0 Å². The predicted octanol–water partition coefficient (Wildman–Crippen LogP) is 5.82. The van der Waals surface area contributed by atoms with E-state index in [2.05, 4.69) is 6.92 Å². The summed E-state index contributed by atoms with van der Waals surface area (Å²) < 4.78 is 5.71. The predicted molar refractivity (Wildman–Crippen MR) is 111 cm³/mol. The highest BCUT2D eigenvalue weighted by Crippen LogP contribution is 2.15. The molecule has 0 atom stereocenters. The van der Waals surface area contributed by atoms with E-state index in [1.165, 1.54) is 70.6 Å². The fraction of sp³-hybridized carbons (Fsp3) is 0.652. The molecule has 0 saturated carbocycles. The third-order valence-electron chi connectivity index (χ3n) is 4.78. The Labute approximate surface area is 164 Å². The lowest BCUT2D eigenvalue weighted by Gasteiger charge is -2.07. The first-order valence-electron chi connectivity index (χ1n) is 10.7. The number of hydrogen-bond donors (Lipinski definition) is 1. The standard InChI is InChI=1S/C23H37NO3/c1-2-3-4-5-6-7-8-9-10-11-12-13-18-27-21-16-14-20(15-17-21)22(25)19-23(24)26/h14-17H,2-13,18-19H2,1H3,(H2,24,26). The van der Waals surface area contributed by atoms with Crippen molar-refractivity contribution in [2.24, 2.45) is 5.73 Å². The Balaban J connectivity index is 1.98. The van der Waals surface area contributed by atoms with E-state index in [-0.39, 0.29) is 12.2 Å². The summed E-state index contributed by atoms with van der Waals surface area (Å²) in [7, 11) is 0. The zero-order chi connectivity index (χ0) is 19.7. The summed E-state index contributed by atoms with van der Waals surface area (Å²) in [5, 5.41) is 0. The van der Waals surface area contributed by atoms with Crippen molar-refractivity contribution >= 4 is 11.7 Å². The molecule has 1 rings (SSSR count). The van der Waals surface area contributed by atoms with E-state index >= 15 is 0 Å². The molecule has 0 fully saturated rings. The Hall–Kier alpha value is -1.84. The van der Waals surface area contributed by atoms with Crippen LogP contribution in [0.3, 0.4) is 0 Å². The number of ether oxygens (including phenoxy) is 1. The van der Waals surface area contributed by atoms with Gasteiger partial charge in [0.05, 0.1) is 13.0 Å². The summed E-state index contributed by atoms with van der Waals surface area (Å²) in [4.78, 5) is 22.5. The Morgan fingerprint density at radius 3 is 1.74 bits per heavy atom. The lowest BCUT2D eigenvalue weighted by atomic mass is 10.1. The van der Waals surface area contributed by atoms with E-state index in [1.807, 2.05) is 0 Å². The van der Waals surface area contributed by atoms with E-state index in [0.717, 1.165) is 12.2 Å². The molecular formula is C23H37NO3. The number of nitrogens with two attached hydrogens (primary N) is 1. The van der Waals surface area contributed by atoms with Gasteiger partial charge in [-0.05, 0) is 30.7 Å². The topological polar surface area (TPSA) is 69.4 Å². The highest BCUT2D eigenvalue weighted by atomic mass is 16.5. The largest absolute Gasteiger partial charge is 0.494 e. The number of carbonyl (C=O) groups excluding carboxylic acids is 2. The van der Waals surface area contributed by atoms with Crippen LogP contribution in [0.5, 0.6) is 5.75 Å². The zero-order valence-corrected chi connectivity index (χ0v) is 17.0. The normalized spacial score (nSPS) is 10.7. The van der Waals surface area contributed by atoms with E-state index in [9.17, 15) is 9.59 Å². The molecule has 0 unspecified atom stereocenters. The van der Waals surface area contributed by atoms with Crippen LogP contribution in [0.1, 0.15) is 101 Å². The Morgan fingerprint density at radius 2 is 1.26 bits per heavy atom. The molecule has 0 spiro atoms. The van der Waals surface area contributed by atoms with Gasteiger partial charge < -0.3 is 10.5 Å². The van der Waals surface area contributed by atoms with Crippen molar-refractivity contribution in [3.8, 4) is 5.75 Å². The van der Waals surface area contributed by atoms with Crippen molar-refractivity contribution in [1.82, 2.24) is 0 Å².